The number of fused-ring (bicyclic) bond motifs is 1. The van der Waals surface area contributed by atoms with Crippen LogP contribution in [0.1, 0.15) is 64.3 Å². The summed E-state index contributed by atoms with van der Waals surface area (Å²) in [6, 6.07) is 3.27. The Balaban J connectivity index is 1.59. The third kappa shape index (κ3) is 8.01. The SMILES string of the molecule is CCC(C(=O)NC(CC(=O)OC1(O)CCCCCC1)C(=O)COc1c(F)c(F)cc(F)c1F)n1ccc2ccc(Cl)cc2c1=O. The topological polar surface area (TPSA) is 124 Å². The number of nitrogens with one attached hydrogen (secondary N) is 1. The average molecular weight is 655 g/mol. The van der Waals surface area contributed by atoms with Gasteiger partial charge in [0.2, 0.25) is 23.3 Å². The predicted octanol–water partition coefficient (Wildman–Crippen LogP) is 5.27. The standard InChI is InChI=1S/C31H31ClF4N2O7/c1-2-23(38-12-9-17-7-8-18(32)13-19(17)30(38)42)29(41)37-22(15-25(40)45-31(43)10-5-3-4-6-11-31)24(39)16-44-28-26(35)20(33)14-21(34)27(28)36/h7-9,12-14,22-23,43H,2-6,10-11,15-16H2,1H3,(H,37,41). The smallest absolute Gasteiger partial charge is 0.310 e. The number of ketones is 1. The van der Waals surface area contributed by atoms with E-state index in [4.69, 9.17) is 21.1 Å². The second-order valence-corrected chi connectivity index (χ2v) is 11.3. The van der Waals surface area contributed by atoms with E-state index in [0.29, 0.717) is 23.3 Å². The summed E-state index contributed by atoms with van der Waals surface area (Å²) in [4.78, 5) is 52.9. The van der Waals surface area contributed by atoms with Crippen LogP contribution in [0.5, 0.6) is 5.75 Å². The van der Waals surface area contributed by atoms with Crippen molar-refractivity contribution in [2.45, 2.75) is 76.2 Å². The Hall–Kier alpha value is -3.97. The molecule has 9 nitrogen and oxygen atoms in total. The fourth-order valence-corrected chi connectivity index (χ4v) is 5.39. The number of pyridine rings is 1. The second-order valence-electron chi connectivity index (χ2n) is 10.8. The van der Waals surface area contributed by atoms with Crippen molar-refractivity contribution in [2.75, 3.05) is 6.61 Å². The lowest BCUT2D eigenvalue weighted by Gasteiger charge is -2.28. The fourth-order valence-electron chi connectivity index (χ4n) is 5.22. The number of Topliss-reactive ketones (excluding diaryl/α,β-unsaturated/α-hetero) is 1. The molecule has 1 saturated carbocycles. The molecule has 45 heavy (non-hydrogen) atoms. The van der Waals surface area contributed by atoms with Crippen LogP contribution in [0.15, 0.2) is 41.3 Å². The van der Waals surface area contributed by atoms with E-state index in [9.17, 15) is 41.8 Å². The summed E-state index contributed by atoms with van der Waals surface area (Å²) in [6.07, 6.45) is 3.72. The van der Waals surface area contributed by atoms with Gasteiger partial charge in [-0.05, 0) is 42.8 Å². The van der Waals surface area contributed by atoms with Gasteiger partial charge in [-0.25, -0.2) is 8.78 Å². The van der Waals surface area contributed by atoms with E-state index in [1.807, 2.05) is 0 Å². The molecule has 2 unspecified atom stereocenters. The highest BCUT2D eigenvalue weighted by atomic mass is 35.5. The number of carbonyl (C=O) groups excluding carboxylic acids is 3. The summed E-state index contributed by atoms with van der Waals surface area (Å²) in [6.45, 7) is 0.378. The van der Waals surface area contributed by atoms with Crippen molar-refractivity contribution >= 4 is 40.0 Å². The van der Waals surface area contributed by atoms with Gasteiger partial charge in [-0.15, -0.1) is 0 Å². The van der Waals surface area contributed by atoms with Crippen LogP contribution in [-0.4, -0.2) is 45.8 Å². The molecule has 242 valence electrons. The molecule has 2 aromatic carbocycles. The minimum absolute atomic E-state index is 0.0375. The molecule has 1 amide bonds. The van der Waals surface area contributed by atoms with E-state index < -0.39 is 83.1 Å². The number of nitrogens with zero attached hydrogens (tertiary/aromatic N) is 1. The van der Waals surface area contributed by atoms with E-state index >= 15 is 0 Å². The Kier molecular flexibility index (Phi) is 10.9. The third-order valence-electron chi connectivity index (χ3n) is 7.61. The van der Waals surface area contributed by atoms with Gasteiger partial charge in [0.15, 0.2) is 23.2 Å². The number of benzene rings is 2. The van der Waals surface area contributed by atoms with Crippen LogP contribution in [0, 0.1) is 23.3 Å². The number of aliphatic hydroxyl groups is 1. The molecule has 1 aliphatic carbocycles. The molecule has 1 aromatic heterocycles. The quantitative estimate of drug-likeness (QED) is 0.0949. The van der Waals surface area contributed by atoms with Gasteiger partial charge in [0.05, 0.1) is 6.42 Å². The van der Waals surface area contributed by atoms with Crippen molar-refractivity contribution in [3.8, 4) is 5.75 Å². The Morgan fingerprint density at radius 1 is 1.02 bits per heavy atom. The zero-order chi connectivity index (χ0) is 32.9. The first-order valence-electron chi connectivity index (χ1n) is 14.4. The molecule has 0 bridgehead atoms. The van der Waals surface area contributed by atoms with Gasteiger partial charge in [0, 0.05) is 35.5 Å². The van der Waals surface area contributed by atoms with Gasteiger partial charge in [-0.1, -0.05) is 37.4 Å². The number of carbonyl (C=O) groups is 3. The first kappa shape index (κ1) is 33.9. The number of ether oxygens (including phenoxy) is 2. The first-order chi connectivity index (χ1) is 21.3. The molecule has 2 N–H and O–H groups in total. The summed E-state index contributed by atoms with van der Waals surface area (Å²) < 4.78 is 66.8. The molecule has 0 radical (unpaired) electrons. The van der Waals surface area contributed by atoms with Gasteiger partial charge < -0.3 is 24.5 Å². The van der Waals surface area contributed by atoms with Crippen LogP contribution in [0.3, 0.4) is 0 Å². The van der Waals surface area contributed by atoms with Crippen LogP contribution in [0.2, 0.25) is 5.02 Å². The highest BCUT2D eigenvalue weighted by molar-refractivity contribution is 6.31. The monoisotopic (exact) mass is 654 g/mol. The van der Waals surface area contributed by atoms with Crippen molar-refractivity contribution in [3.05, 3.63) is 75.2 Å². The van der Waals surface area contributed by atoms with E-state index in [1.165, 1.54) is 12.3 Å². The molecule has 1 heterocycles. The maximum Gasteiger partial charge on any atom is 0.310 e. The maximum absolute atomic E-state index is 14.1. The van der Waals surface area contributed by atoms with Crippen LogP contribution < -0.4 is 15.6 Å². The van der Waals surface area contributed by atoms with Gasteiger partial charge in [0.1, 0.15) is 18.7 Å². The van der Waals surface area contributed by atoms with Crippen molar-refractivity contribution in [1.82, 2.24) is 9.88 Å². The van der Waals surface area contributed by atoms with E-state index in [2.05, 4.69) is 5.32 Å². The van der Waals surface area contributed by atoms with Gasteiger partial charge in [0.25, 0.3) is 5.56 Å². The number of hydrogen-bond donors (Lipinski definition) is 2. The van der Waals surface area contributed by atoms with Gasteiger partial charge >= 0.3 is 5.97 Å². The van der Waals surface area contributed by atoms with Crippen LogP contribution in [-0.2, 0) is 19.1 Å². The molecular weight excluding hydrogens is 624 g/mol. The van der Waals surface area contributed by atoms with E-state index in [-0.39, 0.29) is 30.7 Å². The molecule has 2 atom stereocenters. The summed E-state index contributed by atoms with van der Waals surface area (Å²) in [7, 11) is 0. The summed E-state index contributed by atoms with van der Waals surface area (Å²) in [5.74, 6) is -13.7. The van der Waals surface area contributed by atoms with Crippen LogP contribution in [0.25, 0.3) is 10.8 Å². The lowest BCUT2D eigenvalue weighted by Crippen LogP contribution is -2.48. The summed E-state index contributed by atoms with van der Waals surface area (Å²) in [5, 5.41) is 14.2. The number of amides is 1. The average Bonchev–Trinajstić information content (AvgIpc) is 3.21. The number of esters is 1. The first-order valence-corrected chi connectivity index (χ1v) is 14.7. The molecule has 0 aliphatic heterocycles. The Labute approximate surface area is 260 Å². The number of halogens is 5. The maximum atomic E-state index is 14.1. The summed E-state index contributed by atoms with van der Waals surface area (Å²) in [5.41, 5.74) is -0.558. The Morgan fingerprint density at radius 2 is 1.67 bits per heavy atom. The zero-order valence-electron chi connectivity index (χ0n) is 24.2. The highest BCUT2D eigenvalue weighted by Gasteiger charge is 2.35. The predicted molar refractivity (Wildman–Crippen MR) is 155 cm³/mol. The summed E-state index contributed by atoms with van der Waals surface area (Å²) >= 11 is 6.04. The zero-order valence-corrected chi connectivity index (χ0v) is 25.0. The minimum atomic E-state index is -1.89. The van der Waals surface area contributed by atoms with Crippen LogP contribution >= 0.6 is 11.6 Å². The molecule has 14 heteroatoms. The van der Waals surface area contributed by atoms with E-state index in [1.54, 1.807) is 25.1 Å². The Bertz CT molecular complexity index is 1630. The molecule has 4 rings (SSSR count). The molecule has 1 fully saturated rings. The fraction of sp³-hybridized carbons (Fsp3) is 0.419. The third-order valence-corrected chi connectivity index (χ3v) is 7.85. The van der Waals surface area contributed by atoms with Gasteiger partial charge in [-0.2, -0.15) is 8.78 Å². The van der Waals surface area contributed by atoms with Crippen molar-refractivity contribution in [2.24, 2.45) is 0 Å². The minimum Gasteiger partial charge on any atom is -0.479 e. The number of aromatic nitrogens is 1. The van der Waals surface area contributed by atoms with Crippen molar-refractivity contribution in [1.29, 1.82) is 0 Å². The largest absolute Gasteiger partial charge is 0.479 e. The van der Waals surface area contributed by atoms with Crippen molar-refractivity contribution in [3.63, 3.8) is 0 Å². The molecule has 0 spiro atoms. The molecule has 1 aliphatic rings. The molecular formula is C31H31ClF4N2O7. The second kappa shape index (κ2) is 14.4. The normalized spacial score (nSPS) is 16.0. The van der Waals surface area contributed by atoms with Gasteiger partial charge in [-0.3, -0.25) is 19.2 Å². The highest BCUT2D eigenvalue weighted by Crippen LogP contribution is 2.29. The molecule has 0 saturated heterocycles. The Morgan fingerprint density at radius 3 is 2.29 bits per heavy atom. The number of hydrogen-bond acceptors (Lipinski definition) is 7. The lowest BCUT2D eigenvalue weighted by molar-refractivity contribution is -0.214. The lowest BCUT2D eigenvalue weighted by atomic mass is 10.1. The number of rotatable bonds is 11. The molecule has 3 aromatic rings. The van der Waals surface area contributed by atoms with Crippen LogP contribution in [0.4, 0.5) is 17.6 Å². The van der Waals surface area contributed by atoms with Crippen molar-refractivity contribution < 1.29 is 46.5 Å². The van der Waals surface area contributed by atoms with E-state index in [0.717, 1.165) is 17.4 Å².